The van der Waals surface area contributed by atoms with Crippen molar-refractivity contribution in [2.24, 2.45) is 7.05 Å². The van der Waals surface area contributed by atoms with Crippen LogP contribution in [0.4, 0.5) is 0 Å². The molecule has 1 aromatic heterocycles. The first-order chi connectivity index (χ1) is 9.07. The van der Waals surface area contributed by atoms with Gasteiger partial charge in [-0.3, -0.25) is 0 Å². The minimum absolute atomic E-state index is 0.164. The second-order valence-electron chi connectivity index (χ2n) is 4.93. The van der Waals surface area contributed by atoms with Gasteiger partial charge in [-0.2, -0.15) is 0 Å². The molecule has 0 spiro atoms. The fraction of sp³-hybridized carbons (Fsp3) is 0.818. The van der Waals surface area contributed by atoms with Crippen LogP contribution in [0.25, 0.3) is 0 Å². The maximum Gasteiger partial charge on any atom is 0.212 e. The largest absolute Gasteiger partial charge is 0.320 e. The van der Waals surface area contributed by atoms with Crippen LogP contribution in [0, 0.1) is 0 Å². The normalized spacial score (nSPS) is 15.8. The van der Waals surface area contributed by atoms with Crippen LogP contribution in [0.3, 0.4) is 0 Å². The Labute approximate surface area is 113 Å². The van der Waals surface area contributed by atoms with Crippen molar-refractivity contribution in [3.8, 4) is 0 Å². The molecule has 2 rings (SSSR count). The van der Waals surface area contributed by atoms with Crippen LogP contribution >= 0.6 is 0 Å². The van der Waals surface area contributed by atoms with Gasteiger partial charge in [0, 0.05) is 13.1 Å². The van der Waals surface area contributed by atoms with Gasteiger partial charge in [-0.1, -0.05) is 0 Å². The van der Waals surface area contributed by atoms with Gasteiger partial charge in [-0.25, -0.2) is 13.1 Å². The molecule has 7 nitrogen and oxygen atoms in total. The van der Waals surface area contributed by atoms with Gasteiger partial charge < -0.3 is 9.88 Å². The van der Waals surface area contributed by atoms with Crippen molar-refractivity contribution in [3.63, 3.8) is 0 Å². The molecule has 19 heavy (non-hydrogen) atoms. The van der Waals surface area contributed by atoms with Gasteiger partial charge in [0.1, 0.15) is 12.2 Å². The van der Waals surface area contributed by atoms with E-state index >= 15 is 0 Å². The lowest BCUT2D eigenvalue weighted by molar-refractivity contribution is 0.569. The molecular formula is C11H21N5O2S. The Bertz CT molecular complexity index is 495. The van der Waals surface area contributed by atoms with E-state index in [0.29, 0.717) is 18.3 Å². The lowest BCUT2D eigenvalue weighted by Crippen LogP contribution is -2.27. The van der Waals surface area contributed by atoms with Crippen LogP contribution in [0.5, 0.6) is 0 Å². The molecule has 1 saturated carbocycles. The van der Waals surface area contributed by atoms with Gasteiger partial charge >= 0.3 is 0 Å². The highest BCUT2D eigenvalue weighted by molar-refractivity contribution is 7.89. The number of unbranched alkanes of at least 4 members (excludes halogenated alkanes) is 1. The van der Waals surface area contributed by atoms with Gasteiger partial charge in [0.15, 0.2) is 0 Å². The average molecular weight is 287 g/mol. The monoisotopic (exact) mass is 287 g/mol. The van der Waals surface area contributed by atoms with E-state index in [-0.39, 0.29) is 12.3 Å². The molecule has 1 aromatic rings. The second-order valence-corrected chi connectivity index (χ2v) is 6.86. The zero-order valence-corrected chi connectivity index (χ0v) is 12.0. The summed E-state index contributed by atoms with van der Waals surface area (Å²) >= 11 is 0. The van der Waals surface area contributed by atoms with Crippen molar-refractivity contribution in [1.82, 2.24) is 24.8 Å². The SMILES string of the molecule is Cn1cnnc1CNS(=O)(=O)CCCCNC1CC1. The highest BCUT2D eigenvalue weighted by atomic mass is 32.2. The van der Waals surface area contributed by atoms with Gasteiger partial charge in [0.2, 0.25) is 10.0 Å². The van der Waals surface area contributed by atoms with Gasteiger partial charge in [0.05, 0.1) is 12.3 Å². The number of sulfonamides is 1. The number of rotatable bonds is 9. The van der Waals surface area contributed by atoms with Crippen molar-refractivity contribution >= 4 is 10.0 Å². The van der Waals surface area contributed by atoms with Crippen LogP contribution in [0.15, 0.2) is 6.33 Å². The number of hydrogen-bond acceptors (Lipinski definition) is 5. The van der Waals surface area contributed by atoms with E-state index < -0.39 is 10.0 Å². The molecule has 1 fully saturated rings. The molecule has 0 saturated heterocycles. The van der Waals surface area contributed by atoms with Crippen molar-refractivity contribution < 1.29 is 8.42 Å². The van der Waals surface area contributed by atoms with Gasteiger partial charge in [0.25, 0.3) is 0 Å². The first-order valence-corrected chi connectivity index (χ1v) is 8.26. The van der Waals surface area contributed by atoms with E-state index in [2.05, 4.69) is 20.2 Å². The molecule has 0 bridgehead atoms. The quantitative estimate of drug-likeness (QED) is 0.612. The number of nitrogens with zero attached hydrogens (tertiary/aromatic N) is 3. The van der Waals surface area contributed by atoms with Crippen LogP contribution < -0.4 is 10.0 Å². The number of aromatic nitrogens is 3. The summed E-state index contributed by atoms with van der Waals surface area (Å²) in [5, 5.41) is 10.9. The lowest BCUT2D eigenvalue weighted by Gasteiger charge is -2.06. The first kappa shape index (κ1) is 14.4. The molecule has 108 valence electrons. The standard InChI is InChI=1S/C11H21N5O2S/c1-16-9-13-15-11(16)8-14-19(17,18)7-3-2-6-12-10-4-5-10/h9-10,12,14H,2-8H2,1H3. The summed E-state index contributed by atoms with van der Waals surface area (Å²) in [5.41, 5.74) is 0. The van der Waals surface area contributed by atoms with Crippen LogP contribution in [0.1, 0.15) is 31.5 Å². The second kappa shape index (κ2) is 6.44. The maximum atomic E-state index is 11.8. The van der Waals surface area contributed by atoms with Gasteiger partial charge in [-0.15, -0.1) is 10.2 Å². The fourth-order valence-electron chi connectivity index (χ4n) is 1.72. The van der Waals surface area contributed by atoms with Crippen molar-refractivity contribution in [2.45, 2.75) is 38.3 Å². The molecule has 0 radical (unpaired) electrons. The Morgan fingerprint density at radius 1 is 1.42 bits per heavy atom. The topological polar surface area (TPSA) is 88.9 Å². The predicted octanol–water partition coefficient (Wildman–Crippen LogP) is -0.233. The molecule has 0 atom stereocenters. The number of aryl methyl sites for hydroxylation is 1. The number of nitrogens with one attached hydrogen (secondary N) is 2. The molecule has 1 aliphatic carbocycles. The Hall–Kier alpha value is -0.990. The van der Waals surface area contributed by atoms with E-state index in [9.17, 15) is 8.42 Å². The summed E-state index contributed by atoms with van der Waals surface area (Å²) in [6.07, 6.45) is 5.64. The van der Waals surface area contributed by atoms with E-state index in [1.165, 1.54) is 12.8 Å². The van der Waals surface area contributed by atoms with Crippen LogP contribution in [-0.4, -0.2) is 41.5 Å². The van der Waals surface area contributed by atoms with Gasteiger partial charge in [-0.05, 0) is 32.2 Å². The zero-order chi connectivity index (χ0) is 13.7. The fourth-order valence-corrected chi connectivity index (χ4v) is 2.80. The molecular weight excluding hydrogens is 266 g/mol. The average Bonchev–Trinajstić information content (AvgIpc) is 3.08. The van der Waals surface area contributed by atoms with E-state index in [4.69, 9.17) is 0 Å². The molecule has 8 heteroatoms. The summed E-state index contributed by atoms with van der Waals surface area (Å²) in [6, 6.07) is 0.686. The van der Waals surface area contributed by atoms with Crippen molar-refractivity contribution in [2.75, 3.05) is 12.3 Å². The summed E-state index contributed by atoms with van der Waals surface area (Å²) in [7, 11) is -1.43. The zero-order valence-electron chi connectivity index (χ0n) is 11.2. The molecule has 1 aliphatic rings. The number of hydrogen-bond donors (Lipinski definition) is 2. The third-order valence-electron chi connectivity index (χ3n) is 3.11. The Balaban J connectivity index is 1.62. The summed E-state index contributed by atoms with van der Waals surface area (Å²) in [6.45, 7) is 1.10. The molecule has 0 amide bonds. The van der Waals surface area contributed by atoms with E-state index in [1.807, 2.05) is 0 Å². The van der Waals surface area contributed by atoms with E-state index in [0.717, 1.165) is 13.0 Å². The molecule has 0 aliphatic heterocycles. The Kier molecular flexibility index (Phi) is 4.89. The van der Waals surface area contributed by atoms with Crippen molar-refractivity contribution in [1.29, 1.82) is 0 Å². The highest BCUT2D eigenvalue weighted by Gasteiger charge is 2.19. The Morgan fingerprint density at radius 2 is 2.21 bits per heavy atom. The molecule has 0 unspecified atom stereocenters. The predicted molar refractivity (Wildman–Crippen MR) is 71.9 cm³/mol. The lowest BCUT2D eigenvalue weighted by atomic mass is 10.3. The Morgan fingerprint density at radius 3 is 2.84 bits per heavy atom. The van der Waals surface area contributed by atoms with Crippen molar-refractivity contribution in [3.05, 3.63) is 12.2 Å². The smallest absolute Gasteiger partial charge is 0.212 e. The summed E-state index contributed by atoms with van der Waals surface area (Å²) < 4.78 is 27.8. The maximum absolute atomic E-state index is 11.8. The van der Waals surface area contributed by atoms with E-state index in [1.54, 1.807) is 17.9 Å². The van der Waals surface area contributed by atoms with Crippen LogP contribution in [0.2, 0.25) is 0 Å². The summed E-state index contributed by atoms with van der Waals surface area (Å²) in [5.74, 6) is 0.774. The van der Waals surface area contributed by atoms with Crippen LogP contribution in [-0.2, 0) is 23.6 Å². The minimum Gasteiger partial charge on any atom is -0.320 e. The highest BCUT2D eigenvalue weighted by Crippen LogP contribution is 2.18. The first-order valence-electron chi connectivity index (χ1n) is 6.60. The third kappa shape index (κ3) is 5.25. The minimum atomic E-state index is -3.22. The third-order valence-corrected chi connectivity index (χ3v) is 4.52. The molecule has 0 aromatic carbocycles. The molecule has 1 heterocycles. The summed E-state index contributed by atoms with van der Waals surface area (Å²) in [4.78, 5) is 0. The molecule has 2 N–H and O–H groups in total.